The third kappa shape index (κ3) is 4.59. The van der Waals surface area contributed by atoms with E-state index < -0.39 is 5.54 Å². The number of guanidine groups is 1. The summed E-state index contributed by atoms with van der Waals surface area (Å²) in [5, 5.41) is 0. The monoisotopic (exact) mass is 363 g/mol. The summed E-state index contributed by atoms with van der Waals surface area (Å²) in [4.78, 5) is 19.9. The molecule has 2 N–H and O–H groups in total. The predicted molar refractivity (Wildman–Crippen MR) is 105 cm³/mol. The van der Waals surface area contributed by atoms with Gasteiger partial charge in [-0.3, -0.25) is 9.69 Å². The van der Waals surface area contributed by atoms with Crippen LogP contribution in [0.5, 0.6) is 0 Å². The predicted octanol–water partition coefficient (Wildman–Crippen LogP) is 3.86. The summed E-state index contributed by atoms with van der Waals surface area (Å²) >= 11 is 0. The first kappa shape index (κ1) is 19.7. The molecule has 148 valence electrons. The maximum atomic E-state index is 13.4. The summed E-state index contributed by atoms with van der Waals surface area (Å²) in [7, 11) is 1.66. The Bertz CT molecular complexity index is 495. The van der Waals surface area contributed by atoms with E-state index >= 15 is 0 Å². The van der Waals surface area contributed by atoms with E-state index in [4.69, 9.17) is 15.5 Å². The molecule has 5 heteroatoms. The van der Waals surface area contributed by atoms with Crippen molar-refractivity contribution >= 4 is 11.9 Å². The molecule has 1 atom stereocenters. The zero-order chi connectivity index (χ0) is 18.4. The van der Waals surface area contributed by atoms with E-state index in [2.05, 4.69) is 0 Å². The second-order valence-electron chi connectivity index (χ2n) is 8.70. The highest BCUT2D eigenvalue weighted by Gasteiger charge is 2.48. The molecule has 0 aromatic rings. The number of carbonyl (C=O) groups is 1. The number of methoxy groups -OCH3 is 1. The summed E-state index contributed by atoms with van der Waals surface area (Å²) in [6, 6.07) is 0. The third-order valence-electron chi connectivity index (χ3n) is 6.81. The van der Waals surface area contributed by atoms with Gasteiger partial charge < -0.3 is 10.5 Å². The molecule has 2 fully saturated rings. The van der Waals surface area contributed by atoms with Crippen molar-refractivity contribution < 1.29 is 9.53 Å². The lowest BCUT2D eigenvalue weighted by molar-refractivity contribution is -0.132. The van der Waals surface area contributed by atoms with Crippen LogP contribution < -0.4 is 5.73 Å². The average Bonchev–Trinajstić information content (AvgIpc) is 2.90. The summed E-state index contributed by atoms with van der Waals surface area (Å²) < 4.78 is 5.17. The van der Waals surface area contributed by atoms with Gasteiger partial charge in [-0.25, -0.2) is 4.99 Å². The van der Waals surface area contributed by atoms with Gasteiger partial charge in [0.1, 0.15) is 5.54 Å². The maximum Gasteiger partial charge on any atom is 0.257 e. The molecule has 1 aliphatic heterocycles. The molecule has 1 amide bonds. The molecule has 3 aliphatic rings. The Labute approximate surface area is 158 Å². The normalized spacial score (nSPS) is 28.6. The first-order chi connectivity index (χ1) is 12.6. The van der Waals surface area contributed by atoms with Crippen LogP contribution in [0, 0.1) is 11.8 Å². The molecule has 2 saturated carbocycles. The highest BCUT2D eigenvalue weighted by Crippen LogP contribution is 2.40. The maximum absolute atomic E-state index is 13.4. The molecule has 0 radical (unpaired) electrons. The van der Waals surface area contributed by atoms with Crippen LogP contribution in [-0.4, -0.2) is 42.6 Å². The molecule has 0 aromatic carbocycles. The van der Waals surface area contributed by atoms with Crippen LogP contribution in [0.25, 0.3) is 0 Å². The van der Waals surface area contributed by atoms with E-state index in [1.807, 2.05) is 0 Å². The third-order valence-corrected chi connectivity index (χ3v) is 6.81. The number of hydrogen-bond acceptors (Lipinski definition) is 4. The number of aliphatic imine (C=N–C) groups is 1. The topological polar surface area (TPSA) is 67.9 Å². The van der Waals surface area contributed by atoms with E-state index in [1.165, 1.54) is 64.2 Å². The lowest BCUT2D eigenvalue weighted by Crippen LogP contribution is -2.46. The van der Waals surface area contributed by atoms with Gasteiger partial charge in [0.05, 0.1) is 13.2 Å². The smallest absolute Gasteiger partial charge is 0.257 e. The van der Waals surface area contributed by atoms with E-state index in [1.54, 1.807) is 12.0 Å². The van der Waals surface area contributed by atoms with Crippen LogP contribution in [0.4, 0.5) is 0 Å². The highest BCUT2D eigenvalue weighted by molar-refractivity contribution is 6.06. The molecule has 2 aliphatic carbocycles. The molecule has 0 aromatic heterocycles. The van der Waals surface area contributed by atoms with Gasteiger partial charge in [-0.15, -0.1) is 0 Å². The summed E-state index contributed by atoms with van der Waals surface area (Å²) in [5.74, 6) is 1.93. The van der Waals surface area contributed by atoms with Gasteiger partial charge in [0, 0.05) is 7.11 Å². The van der Waals surface area contributed by atoms with Crippen molar-refractivity contribution in [3.05, 3.63) is 0 Å². The van der Waals surface area contributed by atoms with Crippen molar-refractivity contribution in [3.8, 4) is 0 Å². The molecule has 5 nitrogen and oxygen atoms in total. The van der Waals surface area contributed by atoms with Crippen molar-refractivity contribution in [2.75, 3.05) is 20.3 Å². The number of ether oxygens (including phenoxy) is 1. The Morgan fingerprint density at radius 3 is 2.31 bits per heavy atom. The average molecular weight is 364 g/mol. The van der Waals surface area contributed by atoms with E-state index in [-0.39, 0.29) is 5.91 Å². The van der Waals surface area contributed by atoms with Crippen molar-refractivity contribution in [2.24, 2.45) is 22.6 Å². The number of carbonyl (C=O) groups excluding carboxylic acids is 1. The molecule has 1 heterocycles. The Balaban J connectivity index is 1.71. The van der Waals surface area contributed by atoms with Gasteiger partial charge in [-0.05, 0) is 31.1 Å². The van der Waals surface area contributed by atoms with Gasteiger partial charge in [0.2, 0.25) is 0 Å². The fourth-order valence-corrected chi connectivity index (χ4v) is 5.27. The van der Waals surface area contributed by atoms with Crippen molar-refractivity contribution in [1.29, 1.82) is 0 Å². The van der Waals surface area contributed by atoms with Crippen molar-refractivity contribution in [2.45, 2.75) is 89.0 Å². The minimum absolute atomic E-state index is 0.133. The van der Waals surface area contributed by atoms with Crippen molar-refractivity contribution in [3.63, 3.8) is 0 Å². The number of nitrogens with zero attached hydrogens (tertiary/aromatic N) is 2. The van der Waals surface area contributed by atoms with Gasteiger partial charge in [-0.2, -0.15) is 0 Å². The van der Waals surface area contributed by atoms with E-state index in [0.717, 1.165) is 25.2 Å². The Hall–Kier alpha value is -1.10. The minimum Gasteiger partial charge on any atom is -0.383 e. The van der Waals surface area contributed by atoms with E-state index in [0.29, 0.717) is 25.0 Å². The second kappa shape index (κ2) is 9.20. The molecule has 0 unspecified atom stereocenters. The standard InChI is InChI=1S/C21H37N3O2/c1-26-15-14-24-19(25)21(23-20(24)22,16-18-10-6-3-7-11-18)13-12-17-8-4-2-5-9-17/h17-18H,2-16H2,1H3,(H2,22,23)/t21-/m1/s1. The second-order valence-corrected chi connectivity index (χ2v) is 8.70. The Morgan fingerprint density at radius 2 is 1.69 bits per heavy atom. The number of amides is 1. The van der Waals surface area contributed by atoms with Gasteiger partial charge >= 0.3 is 0 Å². The van der Waals surface area contributed by atoms with Crippen LogP contribution >= 0.6 is 0 Å². The molecule has 0 spiro atoms. The van der Waals surface area contributed by atoms with E-state index in [9.17, 15) is 4.79 Å². The lowest BCUT2D eigenvalue weighted by atomic mass is 9.75. The zero-order valence-corrected chi connectivity index (χ0v) is 16.5. The number of hydrogen-bond donors (Lipinski definition) is 1. The molecule has 0 bridgehead atoms. The largest absolute Gasteiger partial charge is 0.383 e. The number of rotatable bonds is 8. The summed E-state index contributed by atoms with van der Waals surface area (Å²) in [6.07, 6.45) is 16.0. The molecular formula is C21H37N3O2. The quantitative estimate of drug-likeness (QED) is 0.712. The van der Waals surface area contributed by atoms with Gasteiger partial charge in [-0.1, -0.05) is 64.2 Å². The zero-order valence-electron chi connectivity index (χ0n) is 16.5. The van der Waals surface area contributed by atoms with Gasteiger partial charge in [0.15, 0.2) is 5.96 Å². The lowest BCUT2D eigenvalue weighted by Gasteiger charge is -2.33. The van der Waals surface area contributed by atoms with Crippen LogP contribution in [0.15, 0.2) is 4.99 Å². The molecular weight excluding hydrogens is 326 g/mol. The van der Waals surface area contributed by atoms with Crippen LogP contribution in [0.1, 0.15) is 83.5 Å². The SMILES string of the molecule is COCCN1C(=O)[C@@](CCC2CCCCC2)(CC2CCCCC2)N=C1N. The summed E-state index contributed by atoms with van der Waals surface area (Å²) in [6.45, 7) is 1.02. The summed E-state index contributed by atoms with van der Waals surface area (Å²) in [5.41, 5.74) is 5.60. The van der Waals surface area contributed by atoms with Gasteiger partial charge in [0.25, 0.3) is 5.91 Å². The highest BCUT2D eigenvalue weighted by atomic mass is 16.5. The first-order valence-electron chi connectivity index (χ1n) is 10.8. The molecule has 0 saturated heterocycles. The Morgan fingerprint density at radius 1 is 1.08 bits per heavy atom. The first-order valence-corrected chi connectivity index (χ1v) is 10.8. The molecule has 3 rings (SSSR count). The van der Waals surface area contributed by atoms with Crippen LogP contribution in [0.3, 0.4) is 0 Å². The van der Waals surface area contributed by atoms with Crippen LogP contribution in [-0.2, 0) is 9.53 Å². The van der Waals surface area contributed by atoms with Crippen molar-refractivity contribution in [1.82, 2.24) is 4.90 Å². The fourth-order valence-electron chi connectivity index (χ4n) is 5.27. The van der Waals surface area contributed by atoms with Crippen LogP contribution in [0.2, 0.25) is 0 Å². The Kier molecular flexibility index (Phi) is 6.96. The fraction of sp³-hybridized carbons (Fsp3) is 0.905. The number of nitrogens with two attached hydrogens (primary N) is 1. The molecule has 26 heavy (non-hydrogen) atoms. The minimum atomic E-state index is -0.600.